The molecule has 8 N–H and O–H groups in total. The number of nitrogens with zero attached hydrogens (tertiary/aromatic N) is 5. The number of nitrogens with one attached hydrogen (secondary N) is 2. The van der Waals surface area contributed by atoms with Crippen molar-refractivity contribution in [1.82, 2.24) is 34.6 Å². The maximum absolute atomic E-state index is 12.6. The molecular weight excluding hydrogens is 689 g/mol. The summed E-state index contributed by atoms with van der Waals surface area (Å²) in [6, 6.07) is 1.78. The first-order chi connectivity index (χ1) is 20.9. The van der Waals surface area contributed by atoms with Crippen LogP contribution in [0.15, 0.2) is 12.4 Å². The molecule has 0 radical (unpaired) electrons. The van der Waals surface area contributed by atoms with Gasteiger partial charge in [0.15, 0.2) is 16.8 Å². The lowest BCUT2D eigenvalue weighted by atomic mass is 10.1. The third-order valence-corrected chi connectivity index (χ3v) is 10.2. The number of nitrogens with two attached hydrogens (primary N) is 1. The summed E-state index contributed by atoms with van der Waals surface area (Å²) in [6.45, 7) is 0.480. The molecular formula is C19H29N8O14P3S. The van der Waals surface area contributed by atoms with Crippen LogP contribution in [-0.2, 0) is 59.4 Å². The van der Waals surface area contributed by atoms with Crippen LogP contribution in [0.2, 0.25) is 0 Å². The van der Waals surface area contributed by atoms with Gasteiger partial charge in [-0.15, -0.1) is 0 Å². The minimum absolute atomic E-state index is 0.0435. The number of aromatic nitrogens is 6. The van der Waals surface area contributed by atoms with E-state index < -0.39 is 67.1 Å². The maximum Gasteiger partial charge on any atom is 0.490 e. The van der Waals surface area contributed by atoms with Gasteiger partial charge < -0.3 is 49.8 Å². The molecule has 0 aliphatic carbocycles. The highest BCUT2D eigenvalue weighted by Crippen LogP contribution is 2.66. The summed E-state index contributed by atoms with van der Waals surface area (Å²) in [5.41, 5.74) is 7.77. The van der Waals surface area contributed by atoms with E-state index in [0.29, 0.717) is 5.69 Å². The highest BCUT2D eigenvalue weighted by atomic mass is 32.1. The van der Waals surface area contributed by atoms with Gasteiger partial charge in [0.25, 0.3) is 0 Å². The molecule has 1 aliphatic heterocycles. The van der Waals surface area contributed by atoms with Gasteiger partial charge in [0, 0.05) is 19.9 Å². The minimum atomic E-state index is -5.78. The molecule has 250 valence electrons. The Balaban J connectivity index is 1.54. The monoisotopic (exact) mass is 718 g/mol. The smallest absolute Gasteiger partial charge is 0.374 e. The molecule has 1 aliphatic rings. The average molecular weight is 718 g/mol. The molecule has 0 saturated carbocycles. The van der Waals surface area contributed by atoms with E-state index in [0.717, 1.165) is 5.69 Å². The second-order valence-corrected chi connectivity index (χ2v) is 14.2. The molecule has 1 saturated heterocycles. The Labute approximate surface area is 258 Å². The molecule has 0 spiro atoms. The predicted molar refractivity (Wildman–Crippen MR) is 151 cm³/mol. The molecule has 0 bridgehead atoms. The zero-order valence-electron chi connectivity index (χ0n) is 23.5. The first-order valence-corrected chi connectivity index (χ1v) is 17.4. The number of anilines is 1. The number of fused-ring (bicyclic) bond motifs is 1. The topological polar surface area (TPSA) is 307 Å². The Morgan fingerprint density at radius 3 is 2.53 bits per heavy atom. The Morgan fingerprint density at radius 2 is 1.91 bits per heavy atom. The van der Waals surface area contributed by atoms with Gasteiger partial charge in [-0.25, -0.2) is 23.7 Å². The second-order valence-electron chi connectivity index (χ2n) is 9.38. The fourth-order valence-electron chi connectivity index (χ4n) is 4.27. The number of phosphoric acid groups is 3. The highest BCUT2D eigenvalue weighted by molar-refractivity contribution is 7.71. The third kappa shape index (κ3) is 9.09. The van der Waals surface area contributed by atoms with Crippen molar-refractivity contribution < 1.29 is 65.4 Å². The molecule has 45 heavy (non-hydrogen) atoms. The summed E-state index contributed by atoms with van der Waals surface area (Å²) < 4.78 is 67.9. The molecule has 22 nitrogen and oxygen atoms in total. The van der Waals surface area contributed by atoms with Crippen LogP contribution in [-0.4, -0.2) is 93.4 Å². The number of carbonyl (C=O) groups is 1. The number of amides is 1. The van der Waals surface area contributed by atoms with Gasteiger partial charge in [-0.2, -0.15) is 13.7 Å². The van der Waals surface area contributed by atoms with Crippen LogP contribution in [0.25, 0.3) is 11.2 Å². The van der Waals surface area contributed by atoms with Gasteiger partial charge in [-0.3, -0.25) is 18.6 Å². The summed E-state index contributed by atoms with van der Waals surface area (Å²) >= 11 is 5.20. The molecule has 6 unspecified atom stereocenters. The number of hydrogen-bond acceptors (Lipinski definition) is 15. The van der Waals surface area contributed by atoms with Crippen molar-refractivity contribution in [3.63, 3.8) is 0 Å². The number of nitrogen functional groups attached to an aromatic ring is 1. The van der Waals surface area contributed by atoms with Crippen molar-refractivity contribution in [2.24, 2.45) is 7.05 Å². The van der Waals surface area contributed by atoms with E-state index in [2.05, 4.69) is 34.0 Å². The molecule has 6 atom stereocenters. The van der Waals surface area contributed by atoms with Crippen molar-refractivity contribution in [2.45, 2.75) is 38.0 Å². The Kier molecular flexibility index (Phi) is 10.8. The number of hydrogen-bond donors (Lipinski definition) is 7. The summed E-state index contributed by atoms with van der Waals surface area (Å²) in [6.07, 6.45) is -3.41. The van der Waals surface area contributed by atoms with Gasteiger partial charge in [-0.1, -0.05) is 12.2 Å². The lowest BCUT2D eigenvalue weighted by molar-refractivity contribution is -0.132. The average Bonchev–Trinajstić information content (AvgIpc) is 3.57. The number of ether oxygens (including phenoxy) is 3. The minimum Gasteiger partial charge on any atom is -0.374 e. The van der Waals surface area contributed by atoms with E-state index in [1.807, 2.05) is 6.92 Å². The highest BCUT2D eigenvalue weighted by Gasteiger charge is 2.49. The summed E-state index contributed by atoms with van der Waals surface area (Å²) in [4.78, 5) is 60.5. The standard InChI is InChI=1S/C19H29N8O14P3S/c1-9-4-10(25-26(9)2)5-21-12(28)7-37-14-11(6-38-43(32,33)41-44(34,35)40-42(29,30)31)39-18(15(14)36-3)27-8-22-13-16(27)23-19(20)24-17(13)45/h4,8,11,14-15,18H,5-7H2,1-3H3,(H,21,28)(H,32,33)(H,34,35)(H2,29,30,31)(H3,20,23,24,45). The summed E-state index contributed by atoms with van der Waals surface area (Å²) in [7, 11) is -13.9. The molecule has 4 rings (SSSR count). The molecule has 1 fully saturated rings. The van der Waals surface area contributed by atoms with Crippen LogP contribution in [0.1, 0.15) is 17.6 Å². The van der Waals surface area contributed by atoms with Gasteiger partial charge in [-0.05, 0) is 13.0 Å². The maximum atomic E-state index is 12.6. The van der Waals surface area contributed by atoms with Crippen LogP contribution >= 0.6 is 35.7 Å². The summed E-state index contributed by atoms with van der Waals surface area (Å²) in [5, 5.41) is 6.89. The van der Waals surface area contributed by atoms with E-state index >= 15 is 0 Å². The van der Waals surface area contributed by atoms with E-state index in [-0.39, 0.29) is 28.3 Å². The molecule has 3 aromatic rings. The van der Waals surface area contributed by atoms with Gasteiger partial charge in [0.1, 0.15) is 36.1 Å². The largest absolute Gasteiger partial charge is 0.490 e. The van der Waals surface area contributed by atoms with Gasteiger partial charge in [0.2, 0.25) is 5.91 Å². The zero-order valence-corrected chi connectivity index (χ0v) is 27.0. The third-order valence-electron chi connectivity index (χ3n) is 6.15. The SMILES string of the molecule is COC1C(OCC(=O)NCc2cc(C)n(C)n2)C(COP(=O)(O)OP(=O)(O)OP(=O)(O)O)OC1n1cnc2c(=S)nc(N)[nH]c21. The molecule has 1 amide bonds. The van der Waals surface area contributed by atoms with E-state index in [1.165, 1.54) is 18.0 Å². The Bertz CT molecular complexity index is 1740. The Morgan fingerprint density at radius 1 is 1.20 bits per heavy atom. The quantitative estimate of drug-likeness (QED) is 0.0856. The normalized spacial score (nSPS) is 23.2. The van der Waals surface area contributed by atoms with E-state index in [9.17, 15) is 28.3 Å². The number of aryl methyl sites for hydroxylation is 2. The zero-order chi connectivity index (χ0) is 33.3. The molecule has 3 aromatic heterocycles. The molecule has 26 heteroatoms. The summed E-state index contributed by atoms with van der Waals surface area (Å²) in [5.74, 6) is -0.614. The van der Waals surface area contributed by atoms with Crippen molar-refractivity contribution in [3.05, 3.63) is 28.4 Å². The second kappa shape index (κ2) is 13.7. The van der Waals surface area contributed by atoms with Crippen LogP contribution in [0.5, 0.6) is 0 Å². The number of H-pyrrole nitrogens is 1. The first-order valence-electron chi connectivity index (χ1n) is 12.4. The fraction of sp³-hybridized carbons (Fsp3) is 0.526. The van der Waals surface area contributed by atoms with Crippen LogP contribution in [0.3, 0.4) is 0 Å². The van der Waals surface area contributed by atoms with Crippen molar-refractivity contribution >= 4 is 58.7 Å². The number of imidazole rings is 1. The lowest BCUT2D eigenvalue weighted by Crippen LogP contribution is -2.40. The van der Waals surface area contributed by atoms with Crippen LogP contribution < -0.4 is 11.1 Å². The lowest BCUT2D eigenvalue weighted by Gasteiger charge is -2.24. The number of methoxy groups -OCH3 is 1. The number of rotatable bonds is 14. The van der Waals surface area contributed by atoms with Crippen molar-refractivity contribution in [1.29, 1.82) is 0 Å². The molecule has 0 aromatic carbocycles. The number of phosphoric ester groups is 1. The predicted octanol–water partition coefficient (Wildman–Crippen LogP) is 0.0703. The van der Waals surface area contributed by atoms with Crippen molar-refractivity contribution in [3.8, 4) is 0 Å². The van der Waals surface area contributed by atoms with Gasteiger partial charge >= 0.3 is 23.5 Å². The number of carbonyl (C=O) groups excluding carboxylic acids is 1. The number of aromatic amines is 1. The first kappa shape index (κ1) is 35.4. The van der Waals surface area contributed by atoms with Gasteiger partial charge in [0.05, 0.1) is 25.2 Å². The fourth-order valence-corrected chi connectivity index (χ4v) is 7.55. The van der Waals surface area contributed by atoms with E-state index in [4.69, 9.17) is 46.5 Å². The Hall–Kier alpha value is -2.46. The van der Waals surface area contributed by atoms with Crippen molar-refractivity contribution in [2.75, 3.05) is 26.1 Å². The molecule has 4 heterocycles. The van der Waals surface area contributed by atoms with Crippen LogP contribution in [0.4, 0.5) is 5.95 Å². The van der Waals surface area contributed by atoms with E-state index in [1.54, 1.807) is 17.8 Å². The van der Waals surface area contributed by atoms with Crippen LogP contribution in [0, 0.1) is 11.6 Å².